The number of piperazine rings is 1. The normalized spacial score (nSPS) is 16.9. The van der Waals surface area contributed by atoms with Crippen molar-refractivity contribution in [3.05, 3.63) is 23.9 Å². The molecule has 2 amide bonds. The summed E-state index contributed by atoms with van der Waals surface area (Å²) in [6.45, 7) is 6.98. The average molecular weight is 321 g/mol. The molecule has 0 aliphatic carbocycles. The minimum Gasteiger partial charge on any atom is -0.383 e. The van der Waals surface area contributed by atoms with Crippen LogP contribution >= 0.6 is 0 Å². The number of likely N-dealkylation sites (N-methyl/N-ethyl adjacent to an activating group) is 1. The fourth-order valence-corrected chi connectivity index (χ4v) is 2.49. The van der Waals surface area contributed by atoms with Crippen molar-refractivity contribution < 1.29 is 9.53 Å². The lowest BCUT2D eigenvalue weighted by molar-refractivity contribution is 0.171. The SMILES string of the molecule is COC[C@H](C)NC(=O)NCc1ccc(N2CCN(C)CC2)nc1. The molecule has 0 saturated carbocycles. The van der Waals surface area contributed by atoms with Crippen molar-refractivity contribution in [2.24, 2.45) is 0 Å². The number of ether oxygens (including phenoxy) is 1. The Morgan fingerprint density at radius 1 is 1.35 bits per heavy atom. The third-order valence-electron chi connectivity index (χ3n) is 3.88. The molecule has 0 radical (unpaired) electrons. The van der Waals surface area contributed by atoms with Crippen molar-refractivity contribution in [3.63, 3.8) is 0 Å². The second-order valence-electron chi connectivity index (χ2n) is 6.00. The number of anilines is 1. The minimum absolute atomic E-state index is 0.0160. The Hall–Kier alpha value is -1.86. The zero-order valence-electron chi connectivity index (χ0n) is 14.2. The zero-order chi connectivity index (χ0) is 16.7. The fraction of sp³-hybridized carbons (Fsp3) is 0.625. The van der Waals surface area contributed by atoms with Crippen molar-refractivity contribution in [3.8, 4) is 0 Å². The number of hydrogen-bond acceptors (Lipinski definition) is 5. The van der Waals surface area contributed by atoms with Gasteiger partial charge in [-0.1, -0.05) is 6.07 Å². The van der Waals surface area contributed by atoms with Crippen LogP contribution in [-0.2, 0) is 11.3 Å². The van der Waals surface area contributed by atoms with Crippen LogP contribution in [0, 0.1) is 0 Å². The van der Waals surface area contributed by atoms with Gasteiger partial charge in [-0.25, -0.2) is 9.78 Å². The Morgan fingerprint density at radius 3 is 2.70 bits per heavy atom. The molecule has 1 aliphatic rings. The molecule has 0 bridgehead atoms. The number of aromatic nitrogens is 1. The van der Waals surface area contributed by atoms with Crippen LogP contribution in [0.25, 0.3) is 0 Å². The molecular formula is C16H27N5O2. The molecule has 0 spiro atoms. The lowest BCUT2D eigenvalue weighted by atomic mass is 10.2. The van der Waals surface area contributed by atoms with Gasteiger partial charge in [-0.05, 0) is 25.6 Å². The number of pyridine rings is 1. The molecule has 2 N–H and O–H groups in total. The standard InChI is InChI=1S/C16H27N5O2/c1-13(12-23-3)19-16(22)18-11-14-4-5-15(17-10-14)21-8-6-20(2)7-9-21/h4-5,10,13H,6-9,11-12H2,1-3H3,(H2,18,19,22)/t13-/m0/s1. The summed E-state index contributed by atoms with van der Waals surface area (Å²) in [6, 6.07) is 3.82. The number of nitrogens with one attached hydrogen (secondary N) is 2. The first-order chi connectivity index (χ1) is 11.1. The maximum absolute atomic E-state index is 11.7. The summed E-state index contributed by atoms with van der Waals surface area (Å²) in [6.07, 6.45) is 1.83. The van der Waals surface area contributed by atoms with E-state index in [0.717, 1.165) is 37.6 Å². The summed E-state index contributed by atoms with van der Waals surface area (Å²) in [7, 11) is 3.75. The number of rotatable bonds is 6. The molecule has 1 saturated heterocycles. The van der Waals surface area contributed by atoms with E-state index < -0.39 is 0 Å². The Balaban J connectivity index is 1.77. The number of methoxy groups -OCH3 is 1. The highest BCUT2D eigenvalue weighted by Crippen LogP contribution is 2.13. The topological polar surface area (TPSA) is 69.7 Å². The number of amides is 2. The quantitative estimate of drug-likeness (QED) is 0.806. The molecule has 0 unspecified atom stereocenters. The van der Waals surface area contributed by atoms with Crippen LogP contribution in [0.1, 0.15) is 12.5 Å². The Morgan fingerprint density at radius 2 is 2.09 bits per heavy atom. The molecule has 1 fully saturated rings. The number of carbonyl (C=O) groups is 1. The maximum atomic E-state index is 11.7. The second kappa shape index (κ2) is 8.69. The van der Waals surface area contributed by atoms with Gasteiger partial charge < -0.3 is 25.2 Å². The number of hydrogen-bond donors (Lipinski definition) is 2. The van der Waals surface area contributed by atoms with Crippen LogP contribution in [-0.4, -0.2) is 68.9 Å². The van der Waals surface area contributed by atoms with Gasteiger partial charge in [0.15, 0.2) is 0 Å². The first-order valence-electron chi connectivity index (χ1n) is 8.00. The van der Waals surface area contributed by atoms with E-state index in [4.69, 9.17) is 4.74 Å². The van der Waals surface area contributed by atoms with Crippen LogP contribution in [0.2, 0.25) is 0 Å². The van der Waals surface area contributed by atoms with Gasteiger partial charge in [-0.2, -0.15) is 0 Å². The third-order valence-corrected chi connectivity index (χ3v) is 3.88. The van der Waals surface area contributed by atoms with Crippen molar-refractivity contribution >= 4 is 11.8 Å². The van der Waals surface area contributed by atoms with Gasteiger partial charge in [0, 0.05) is 46.0 Å². The summed E-state index contributed by atoms with van der Waals surface area (Å²) in [4.78, 5) is 20.9. The van der Waals surface area contributed by atoms with Gasteiger partial charge in [-0.3, -0.25) is 0 Å². The van der Waals surface area contributed by atoms with Crippen LogP contribution in [0.5, 0.6) is 0 Å². The number of carbonyl (C=O) groups excluding carboxylic acids is 1. The van der Waals surface area contributed by atoms with E-state index in [1.807, 2.05) is 25.3 Å². The maximum Gasteiger partial charge on any atom is 0.315 e. The fourth-order valence-electron chi connectivity index (χ4n) is 2.49. The predicted molar refractivity (Wildman–Crippen MR) is 90.7 cm³/mol. The van der Waals surface area contributed by atoms with Gasteiger partial charge in [0.25, 0.3) is 0 Å². The third kappa shape index (κ3) is 5.69. The average Bonchev–Trinajstić information content (AvgIpc) is 2.54. The van der Waals surface area contributed by atoms with Gasteiger partial charge in [0.1, 0.15) is 5.82 Å². The van der Waals surface area contributed by atoms with Crippen molar-refractivity contribution in [2.45, 2.75) is 19.5 Å². The highest BCUT2D eigenvalue weighted by Gasteiger charge is 2.15. The lowest BCUT2D eigenvalue weighted by Gasteiger charge is -2.33. The van der Waals surface area contributed by atoms with Gasteiger partial charge in [0.05, 0.1) is 12.6 Å². The molecule has 7 heteroatoms. The number of urea groups is 1. The van der Waals surface area contributed by atoms with Crippen molar-refractivity contribution in [1.82, 2.24) is 20.5 Å². The van der Waals surface area contributed by atoms with Gasteiger partial charge in [0.2, 0.25) is 0 Å². The molecule has 23 heavy (non-hydrogen) atoms. The second-order valence-corrected chi connectivity index (χ2v) is 6.00. The highest BCUT2D eigenvalue weighted by atomic mass is 16.5. The van der Waals surface area contributed by atoms with E-state index in [2.05, 4.69) is 32.5 Å². The summed E-state index contributed by atoms with van der Waals surface area (Å²) in [5.74, 6) is 1.00. The first kappa shape index (κ1) is 17.5. The predicted octanol–water partition coefficient (Wildman–Crippen LogP) is 0.668. The van der Waals surface area contributed by atoms with E-state index in [-0.39, 0.29) is 12.1 Å². The molecule has 1 aliphatic heterocycles. The van der Waals surface area contributed by atoms with Crippen LogP contribution < -0.4 is 15.5 Å². The Labute approximate surface area is 138 Å². The Kier molecular flexibility index (Phi) is 6.61. The minimum atomic E-state index is -0.197. The Bertz CT molecular complexity index is 486. The highest BCUT2D eigenvalue weighted by molar-refractivity contribution is 5.74. The molecule has 1 aromatic rings. The van der Waals surface area contributed by atoms with E-state index in [1.165, 1.54) is 0 Å². The first-order valence-corrected chi connectivity index (χ1v) is 8.00. The van der Waals surface area contributed by atoms with Crippen molar-refractivity contribution in [2.75, 3.05) is 51.8 Å². The van der Waals surface area contributed by atoms with E-state index >= 15 is 0 Å². The van der Waals surface area contributed by atoms with Crippen molar-refractivity contribution in [1.29, 1.82) is 0 Å². The van der Waals surface area contributed by atoms with Crippen LogP contribution in [0.4, 0.5) is 10.6 Å². The van der Waals surface area contributed by atoms with E-state index in [9.17, 15) is 4.79 Å². The summed E-state index contributed by atoms with van der Waals surface area (Å²) in [5.41, 5.74) is 0.984. The number of nitrogens with zero attached hydrogens (tertiary/aromatic N) is 3. The molecule has 0 aromatic carbocycles. The van der Waals surface area contributed by atoms with Crippen LogP contribution in [0.15, 0.2) is 18.3 Å². The van der Waals surface area contributed by atoms with E-state index in [1.54, 1.807) is 7.11 Å². The molecule has 7 nitrogen and oxygen atoms in total. The largest absolute Gasteiger partial charge is 0.383 e. The summed E-state index contributed by atoms with van der Waals surface area (Å²) in [5, 5.41) is 5.64. The summed E-state index contributed by atoms with van der Waals surface area (Å²) < 4.78 is 4.98. The molecule has 128 valence electrons. The zero-order valence-corrected chi connectivity index (χ0v) is 14.2. The molecule has 1 atom stereocenters. The molecule has 1 aromatic heterocycles. The monoisotopic (exact) mass is 321 g/mol. The van der Waals surface area contributed by atoms with Gasteiger partial charge >= 0.3 is 6.03 Å². The molecule has 2 rings (SSSR count). The molecule has 2 heterocycles. The van der Waals surface area contributed by atoms with Gasteiger partial charge in [-0.15, -0.1) is 0 Å². The lowest BCUT2D eigenvalue weighted by Crippen LogP contribution is -2.44. The van der Waals surface area contributed by atoms with Crippen LogP contribution in [0.3, 0.4) is 0 Å². The summed E-state index contributed by atoms with van der Waals surface area (Å²) >= 11 is 0. The smallest absolute Gasteiger partial charge is 0.315 e. The van der Waals surface area contributed by atoms with E-state index in [0.29, 0.717) is 13.2 Å². The molecular weight excluding hydrogens is 294 g/mol.